The fraction of sp³-hybridized carbons (Fsp3) is 0.714. The van der Waals surface area contributed by atoms with Crippen molar-refractivity contribution in [1.29, 1.82) is 0 Å². The maximum absolute atomic E-state index is 9.11. The van der Waals surface area contributed by atoms with Crippen LogP contribution in [0.5, 0.6) is 0 Å². The van der Waals surface area contributed by atoms with Crippen LogP contribution in [0.3, 0.4) is 0 Å². The van der Waals surface area contributed by atoms with Crippen molar-refractivity contribution < 1.29 is 5.11 Å². The van der Waals surface area contributed by atoms with Gasteiger partial charge in [0.1, 0.15) is 0 Å². The van der Waals surface area contributed by atoms with Crippen LogP contribution in [0.25, 0.3) is 0 Å². The lowest BCUT2D eigenvalue weighted by atomic mass is 9.88. The quantitative estimate of drug-likeness (QED) is 0.501. The zero-order chi connectivity index (χ0) is 5.98. The van der Waals surface area contributed by atoms with E-state index < -0.39 is 0 Å². The summed E-state index contributed by atoms with van der Waals surface area (Å²) in [6.45, 7) is 2.03. The van der Waals surface area contributed by atoms with E-state index in [0.717, 1.165) is 19.3 Å². The summed E-state index contributed by atoms with van der Waals surface area (Å²) < 4.78 is 0. The van der Waals surface area contributed by atoms with Crippen LogP contribution in [0, 0.1) is 12.3 Å². The van der Waals surface area contributed by atoms with Crippen LogP contribution >= 0.6 is 0 Å². The van der Waals surface area contributed by atoms with Crippen LogP contribution in [0.15, 0.2) is 0 Å². The number of aliphatic hydroxyl groups is 1. The van der Waals surface area contributed by atoms with Crippen LogP contribution in [0.1, 0.15) is 26.2 Å². The molecular weight excluding hydrogens is 100 g/mol. The van der Waals surface area contributed by atoms with E-state index in [9.17, 15) is 0 Å². The van der Waals surface area contributed by atoms with Gasteiger partial charge >= 0.3 is 0 Å². The van der Waals surface area contributed by atoms with Crippen molar-refractivity contribution in [3.05, 3.63) is 12.3 Å². The lowest BCUT2D eigenvalue weighted by Crippen LogP contribution is -2.19. The van der Waals surface area contributed by atoms with Crippen LogP contribution in [0.2, 0.25) is 0 Å². The summed E-state index contributed by atoms with van der Waals surface area (Å²) in [5.74, 6) is 1.24. The van der Waals surface area contributed by atoms with E-state index in [2.05, 4.69) is 6.42 Å². The normalized spacial score (nSPS) is 33.0. The zero-order valence-electron chi connectivity index (χ0n) is 5.22. The maximum atomic E-state index is 9.11. The molecule has 0 amide bonds. The molecule has 0 aliphatic heterocycles. The highest BCUT2D eigenvalue weighted by Gasteiger charge is 2.18. The molecule has 0 heterocycles. The van der Waals surface area contributed by atoms with Gasteiger partial charge in [-0.05, 0) is 25.7 Å². The van der Waals surface area contributed by atoms with Gasteiger partial charge in [-0.3, -0.25) is 0 Å². The Kier molecular flexibility index (Phi) is 1.90. The third-order valence-corrected chi connectivity index (χ3v) is 1.70. The summed E-state index contributed by atoms with van der Waals surface area (Å²) in [5, 5.41) is 9.11. The third-order valence-electron chi connectivity index (χ3n) is 1.70. The van der Waals surface area contributed by atoms with E-state index in [0.29, 0.717) is 0 Å². The van der Waals surface area contributed by atoms with Crippen molar-refractivity contribution in [2.24, 2.45) is 0 Å². The molecular formula is C7H12O. The Hall–Kier alpha value is -0.0400. The van der Waals surface area contributed by atoms with Gasteiger partial charge < -0.3 is 5.11 Å². The number of rotatable bonds is 0. The van der Waals surface area contributed by atoms with E-state index in [1.807, 2.05) is 6.92 Å². The molecule has 1 heteroatoms. The molecule has 1 aliphatic carbocycles. The summed E-state index contributed by atoms with van der Waals surface area (Å²) in [7, 11) is 0. The van der Waals surface area contributed by atoms with Crippen molar-refractivity contribution in [1.82, 2.24) is 0 Å². The minimum Gasteiger partial charge on any atom is -0.393 e. The molecule has 0 spiro atoms. The second kappa shape index (κ2) is 2.49. The molecule has 0 aromatic rings. The van der Waals surface area contributed by atoms with E-state index >= 15 is 0 Å². The Morgan fingerprint density at radius 3 is 2.88 bits per heavy atom. The van der Waals surface area contributed by atoms with E-state index in [1.54, 1.807) is 0 Å². The predicted octanol–water partition coefficient (Wildman–Crippen LogP) is 1.33. The van der Waals surface area contributed by atoms with Gasteiger partial charge in [-0.2, -0.15) is 0 Å². The standard InChI is InChI=1S/C7H12O/c1-6-4-2-3-5-7(6)8/h3,7-8H,2,4-5H2,1H3. The van der Waals surface area contributed by atoms with Gasteiger partial charge in [0.2, 0.25) is 0 Å². The number of hydrogen-bond donors (Lipinski definition) is 1. The van der Waals surface area contributed by atoms with Crippen molar-refractivity contribution in [2.75, 3.05) is 0 Å². The smallest absolute Gasteiger partial charge is 0.0602 e. The zero-order valence-corrected chi connectivity index (χ0v) is 5.22. The van der Waals surface area contributed by atoms with Gasteiger partial charge in [-0.15, -0.1) is 0 Å². The predicted molar refractivity (Wildman–Crippen MR) is 33.1 cm³/mol. The summed E-state index contributed by atoms with van der Waals surface area (Å²) in [6.07, 6.45) is 5.12. The first-order valence-corrected chi connectivity index (χ1v) is 3.13. The molecule has 1 rings (SSSR count). The summed E-state index contributed by atoms with van der Waals surface area (Å²) >= 11 is 0. The summed E-state index contributed by atoms with van der Waals surface area (Å²) in [4.78, 5) is 0. The molecule has 0 aromatic heterocycles. The van der Waals surface area contributed by atoms with Gasteiger partial charge in [0, 0.05) is 5.92 Å². The number of aliphatic hydroxyl groups excluding tert-OH is 1. The molecule has 8 heavy (non-hydrogen) atoms. The first kappa shape index (κ1) is 6.09. The molecule has 1 aliphatic rings. The fourth-order valence-electron chi connectivity index (χ4n) is 0.973. The molecule has 46 valence electrons. The minimum atomic E-state index is -0.135. The molecule has 0 aromatic carbocycles. The van der Waals surface area contributed by atoms with Crippen LogP contribution in [-0.2, 0) is 0 Å². The van der Waals surface area contributed by atoms with Crippen molar-refractivity contribution >= 4 is 0 Å². The SMILES string of the molecule is C[C]1CC[CH]CC1O. The fourth-order valence-corrected chi connectivity index (χ4v) is 0.973. The van der Waals surface area contributed by atoms with Crippen LogP contribution < -0.4 is 0 Å². The highest BCUT2D eigenvalue weighted by atomic mass is 16.3. The molecule has 1 nitrogen and oxygen atoms in total. The van der Waals surface area contributed by atoms with Crippen LogP contribution in [-0.4, -0.2) is 11.2 Å². The monoisotopic (exact) mass is 112 g/mol. The highest BCUT2D eigenvalue weighted by Crippen LogP contribution is 2.23. The highest BCUT2D eigenvalue weighted by molar-refractivity contribution is 5.00. The Bertz CT molecular complexity index is 60.8. The van der Waals surface area contributed by atoms with Crippen molar-refractivity contribution in [2.45, 2.75) is 32.3 Å². The van der Waals surface area contributed by atoms with Crippen LogP contribution in [0.4, 0.5) is 0 Å². The largest absolute Gasteiger partial charge is 0.393 e. The molecule has 1 saturated carbocycles. The molecule has 1 fully saturated rings. The second-order valence-electron chi connectivity index (χ2n) is 2.43. The average Bonchev–Trinajstić information content (AvgIpc) is 1.77. The van der Waals surface area contributed by atoms with Gasteiger partial charge in [-0.25, -0.2) is 0 Å². The Morgan fingerprint density at radius 1 is 1.75 bits per heavy atom. The lowest BCUT2D eigenvalue weighted by Gasteiger charge is -2.22. The third kappa shape index (κ3) is 1.22. The Morgan fingerprint density at radius 2 is 2.50 bits per heavy atom. The molecule has 1 unspecified atom stereocenters. The second-order valence-corrected chi connectivity index (χ2v) is 2.43. The topological polar surface area (TPSA) is 20.2 Å². The van der Waals surface area contributed by atoms with Crippen molar-refractivity contribution in [3.63, 3.8) is 0 Å². The van der Waals surface area contributed by atoms with E-state index in [1.165, 1.54) is 5.92 Å². The van der Waals surface area contributed by atoms with Gasteiger partial charge in [0.25, 0.3) is 0 Å². The average molecular weight is 112 g/mol. The number of hydrogen-bond acceptors (Lipinski definition) is 1. The minimum absolute atomic E-state index is 0.135. The first-order valence-electron chi connectivity index (χ1n) is 3.13. The van der Waals surface area contributed by atoms with Gasteiger partial charge in [0.15, 0.2) is 0 Å². The molecule has 0 saturated heterocycles. The molecule has 1 atom stereocenters. The van der Waals surface area contributed by atoms with E-state index in [-0.39, 0.29) is 6.10 Å². The maximum Gasteiger partial charge on any atom is 0.0602 e. The Balaban J connectivity index is 2.28. The van der Waals surface area contributed by atoms with Crippen molar-refractivity contribution in [3.8, 4) is 0 Å². The summed E-state index contributed by atoms with van der Waals surface area (Å²) in [5.41, 5.74) is 0. The van der Waals surface area contributed by atoms with Gasteiger partial charge in [-0.1, -0.05) is 6.92 Å². The molecule has 1 N–H and O–H groups in total. The van der Waals surface area contributed by atoms with E-state index in [4.69, 9.17) is 5.11 Å². The lowest BCUT2D eigenvalue weighted by molar-refractivity contribution is 0.169. The first-order chi connectivity index (χ1) is 3.80. The summed E-state index contributed by atoms with van der Waals surface area (Å²) in [6, 6.07) is 0. The molecule has 0 bridgehead atoms. The van der Waals surface area contributed by atoms with Gasteiger partial charge in [0.05, 0.1) is 6.10 Å². The molecule has 2 radical (unpaired) electrons. The Labute approximate surface area is 50.7 Å².